The Morgan fingerprint density at radius 2 is 1.26 bits per heavy atom. The Balaban J connectivity index is 0.000000741. The molecule has 2 nitrogen and oxygen atoms in total. The van der Waals surface area contributed by atoms with E-state index >= 15 is 0 Å². The minimum Gasteiger partial charge on any atom is -0.333 e. The van der Waals surface area contributed by atoms with Gasteiger partial charge in [-0.15, -0.1) is 0 Å². The minimum absolute atomic E-state index is 1.27. The molecule has 0 aliphatic heterocycles. The first-order valence-electron chi connectivity index (χ1n) is 6.06. The Bertz CT molecular complexity index is 552. The molecule has 0 fully saturated rings. The molecule has 0 aliphatic rings. The molecule has 0 bridgehead atoms. The molecule has 0 spiro atoms. The predicted octanol–water partition coefficient (Wildman–Crippen LogP) is 5.12. The molecule has 106 valence electrons. The van der Waals surface area contributed by atoms with Gasteiger partial charge in [0.2, 0.25) is 0 Å². The van der Waals surface area contributed by atoms with Gasteiger partial charge in [0.05, 0.1) is 0 Å². The van der Waals surface area contributed by atoms with E-state index in [1.807, 2.05) is 12.4 Å². The van der Waals surface area contributed by atoms with Crippen molar-refractivity contribution in [2.24, 2.45) is 5.73 Å². The molecular weight excluding hydrogens is 462 g/mol. The van der Waals surface area contributed by atoms with Gasteiger partial charge in [0.1, 0.15) is 0 Å². The number of fused-ring (bicyclic) bond motifs is 1. The fourth-order valence-electron chi connectivity index (χ4n) is 2.30. The van der Waals surface area contributed by atoms with Crippen molar-refractivity contribution >= 4 is 48.0 Å². The molecule has 0 atom stereocenters. The largest absolute Gasteiger partial charge is 0.333 e. The van der Waals surface area contributed by atoms with E-state index in [0.717, 1.165) is 0 Å². The van der Waals surface area contributed by atoms with Crippen LogP contribution in [0.25, 0.3) is 10.8 Å². The van der Waals surface area contributed by atoms with Gasteiger partial charge in [-0.1, -0.05) is 0 Å². The highest BCUT2D eigenvalue weighted by molar-refractivity contribution is 15.0. The highest BCUT2D eigenvalue weighted by atomic mass is 128. The Labute approximate surface area is 139 Å². The van der Waals surface area contributed by atoms with E-state index < -0.39 is 0 Å². The lowest BCUT2D eigenvalue weighted by molar-refractivity contribution is 1.22. The summed E-state index contributed by atoms with van der Waals surface area (Å²) in [5, 5.41) is 2.68. The lowest BCUT2D eigenvalue weighted by Gasteiger charge is -2.14. The SMILES string of the molecule is CN.Cc1c(C)c(C)c2c(C)cncc2c1C.II. The third kappa shape index (κ3) is 4.01. The van der Waals surface area contributed by atoms with Crippen LogP contribution in [0, 0.1) is 34.6 Å². The van der Waals surface area contributed by atoms with Crippen LogP contribution in [-0.4, -0.2) is 12.0 Å². The second-order valence-electron chi connectivity index (χ2n) is 4.38. The quantitative estimate of drug-likeness (QED) is 0.528. The fraction of sp³-hybridized carbons (Fsp3) is 0.400. The van der Waals surface area contributed by atoms with E-state index in [0.29, 0.717) is 0 Å². The van der Waals surface area contributed by atoms with Crippen LogP contribution in [0.15, 0.2) is 12.4 Å². The van der Waals surface area contributed by atoms with Crippen molar-refractivity contribution < 1.29 is 0 Å². The summed E-state index contributed by atoms with van der Waals surface area (Å²) >= 11 is 4.24. The van der Waals surface area contributed by atoms with Gasteiger partial charge in [-0.2, -0.15) is 0 Å². The van der Waals surface area contributed by atoms with Crippen molar-refractivity contribution in [2.75, 3.05) is 7.05 Å². The lowest BCUT2D eigenvalue weighted by atomic mass is 9.91. The number of hydrogen-bond acceptors (Lipinski definition) is 2. The number of halogens is 2. The molecule has 2 N–H and O–H groups in total. The molecule has 2 rings (SSSR count). The molecule has 4 heteroatoms. The number of nitrogens with zero attached hydrogens (tertiary/aromatic N) is 1. The zero-order valence-electron chi connectivity index (χ0n) is 12.4. The van der Waals surface area contributed by atoms with Crippen LogP contribution in [0.3, 0.4) is 0 Å². The van der Waals surface area contributed by atoms with Crippen molar-refractivity contribution in [2.45, 2.75) is 34.6 Å². The Morgan fingerprint density at radius 1 is 0.789 bits per heavy atom. The molecule has 0 radical (unpaired) electrons. The first-order chi connectivity index (χ1) is 9.04. The van der Waals surface area contributed by atoms with Crippen molar-refractivity contribution in [3.05, 3.63) is 40.2 Å². The number of rotatable bonds is 0. The van der Waals surface area contributed by atoms with Gasteiger partial charge in [-0.25, -0.2) is 0 Å². The summed E-state index contributed by atoms with van der Waals surface area (Å²) in [6, 6.07) is 0. The van der Waals surface area contributed by atoms with Crippen molar-refractivity contribution in [1.29, 1.82) is 0 Å². The van der Waals surface area contributed by atoms with Crippen LogP contribution in [0.5, 0.6) is 0 Å². The normalized spacial score (nSPS) is 9.32. The first kappa shape index (κ1) is 19.1. The molecule has 1 heterocycles. The Hall–Kier alpha value is 0.0500. The minimum atomic E-state index is 1.27. The van der Waals surface area contributed by atoms with Gasteiger partial charge < -0.3 is 5.73 Å². The van der Waals surface area contributed by atoms with Crippen molar-refractivity contribution in [3.8, 4) is 0 Å². The summed E-state index contributed by atoms with van der Waals surface area (Å²) in [7, 11) is 1.50. The van der Waals surface area contributed by atoms with E-state index in [1.165, 1.54) is 45.6 Å². The predicted molar refractivity (Wildman–Crippen MR) is 104 cm³/mol. The molecule has 0 aliphatic carbocycles. The molecule has 2 aromatic rings. The number of benzene rings is 1. The van der Waals surface area contributed by atoms with Crippen LogP contribution >= 0.6 is 37.2 Å². The average Bonchev–Trinajstić information content (AvgIpc) is 2.47. The molecule has 0 saturated carbocycles. The van der Waals surface area contributed by atoms with E-state index in [4.69, 9.17) is 0 Å². The smallest absolute Gasteiger partial charge is 0.0349 e. The molecule has 19 heavy (non-hydrogen) atoms. The molecule has 0 amide bonds. The standard InChI is InChI=1S/C14H17N.CH5N.I2/c1-8-6-15-7-13-11(4)9(2)10(3)12(5)14(8)13;2*1-2/h6-7H,1-5H3;2H2,1H3;. The van der Waals surface area contributed by atoms with Gasteiger partial charge in [0, 0.05) is 55.0 Å². The maximum Gasteiger partial charge on any atom is 0.0349 e. The zero-order chi connectivity index (χ0) is 15.2. The summed E-state index contributed by atoms with van der Waals surface area (Å²) in [6.07, 6.45) is 3.93. The number of pyridine rings is 1. The van der Waals surface area contributed by atoms with Crippen molar-refractivity contribution in [3.63, 3.8) is 0 Å². The maximum atomic E-state index is 4.50. The summed E-state index contributed by atoms with van der Waals surface area (Å²) in [5.74, 6) is 0. The third-order valence-electron chi connectivity index (χ3n) is 3.60. The fourth-order valence-corrected chi connectivity index (χ4v) is 2.30. The van der Waals surface area contributed by atoms with Crippen LogP contribution < -0.4 is 5.73 Å². The first-order valence-corrected chi connectivity index (χ1v) is 12.3. The third-order valence-corrected chi connectivity index (χ3v) is 3.60. The topological polar surface area (TPSA) is 38.9 Å². The number of hydrogen-bond donors (Lipinski definition) is 1. The van der Waals surface area contributed by atoms with Gasteiger partial charge >= 0.3 is 0 Å². The van der Waals surface area contributed by atoms with Gasteiger partial charge in [0.15, 0.2) is 0 Å². The van der Waals surface area contributed by atoms with Gasteiger partial charge in [-0.3, -0.25) is 4.98 Å². The Morgan fingerprint density at radius 3 is 1.79 bits per heavy atom. The number of nitrogens with two attached hydrogens (primary N) is 1. The molecule has 1 aromatic heterocycles. The summed E-state index contributed by atoms with van der Waals surface area (Å²) in [4.78, 5) is 4.29. The summed E-state index contributed by atoms with van der Waals surface area (Å²) < 4.78 is 0. The number of aromatic nitrogens is 1. The molecular formula is C15H22I2N2. The zero-order valence-corrected chi connectivity index (χ0v) is 16.8. The van der Waals surface area contributed by atoms with E-state index in [-0.39, 0.29) is 0 Å². The molecule has 0 unspecified atom stereocenters. The highest BCUT2D eigenvalue weighted by Gasteiger charge is 2.10. The molecule has 0 saturated heterocycles. The highest BCUT2D eigenvalue weighted by Crippen LogP contribution is 2.30. The number of aryl methyl sites for hydroxylation is 3. The van der Waals surface area contributed by atoms with Crippen LogP contribution in [0.2, 0.25) is 0 Å². The van der Waals surface area contributed by atoms with Crippen molar-refractivity contribution in [1.82, 2.24) is 4.98 Å². The van der Waals surface area contributed by atoms with Gasteiger partial charge in [0.25, 0.3) is 0 Å². The second-order valence-corrected chi connectivity index (χ2v) is 4.38. The second kappa shape index (κ2) is 9.07. The van der Waals surface area contributed by atoms with Gasteiger partial charge in [-0.05, 0) is 74.9 Å². The van der Waals surface area contributed by atoms with E-state index in [2.05, 4.69) is 82.6 Å². The summed E-state index contributed by atoms with van der Waals surface area (Å²) in [5.41, 5.74) is 11.3. The van der Waals surface area contributed by atoms with Crippen LogP contribution in [0.1, 0.15) is 27.8 Å². The van der Waals surface area contributed by atoms with Crippen LogP contribution in [-0.2, 0) is 0 Å². The Kier molecular flexibility index (Phi) is 9.10. The van der Waals surface area contributed by atoms with E-state index in [9.17, 15) is 0 Å². The maximum absolute atomic E-state index is 4.50. The van der Waals surface area contributed by atoms with E-state index in [1.54, 1.807) is 0 Å². The monoisotopic (exact) mass is 484 g/mol. The lowest BCUT2D eigenvalue weighted by Crippen LogP contribution is -1.96. The van der Waals surface area contributed by atoms with Crippen LogP contribution in [0.4, 0.5) is 0 Å². The molecule has 1 aromatic carbocycles. The average molecular weight is 484 g/mol. The summed E-state index contributed by atoms with van der Waals surface area (Å²) in [6.45, 7) is 10.9.